The topological polar surface area (TPSA) is 112 Å². The largest absolute Gasteiger partial charge is 0.477 e. The van der Waals surface area contributed by atoms with Gasteiger partial charge in [0.1, 0.15) is 35.4 Å². The Kier molecular flexibility index (Phi) is 7.25. The van der Waals surface area contributed by atoms with Gasteiger partial charge in [-0.25, -0.2) is 32.9 Å². The monoisotopic (exact) mass is 579 g/mol. The summed E-state index contributed by atoms with van der Waals surface area (Å²) in [7, 11) is 0. The van der Waals surface area contributed by atoms with Gasteiger partial charge in [0, 0.05) is 30.2 Å². The van der Waals surface area contributed by atoms with Crippen molar-refractivity contribution in [1.82, 2.24) is 24.5 Å². The van der Waals surface area contributed by atoms with Crippen LogP contribution in [0.4, 0.5) is 17.6 Å². The van der Waals surface area contributed by atoms with Crippen LogP contribution in [-0.4, -0.2) is 48.3 Å². The van der Waals surface area contributed by atoms with Gasteiger partial charge in [-0.1, -0.05) is 12.1 Å². The van der Waals surface area contributed by atoms with Crippen molar-refractivity contribution in [3.05, 3.63) is 101 Å². The number of fused-ring (bicyclic) bond motifs is 1. The summed E-state index contributed by atoms with van der Waals surface area (Å²) in [5, 5.41) is 9.37. The Bertz CT molecular complexity index is 1830. The molecule has 1 saturated heterocycles. The van der Waals surface area contributed by atoms with Crippen LogP contribution in [0.3, 0.4) is 0 Å². The molecule has 1 atom stereocenters. The Hall–Kier alpha value is -4.91. The van der Waals surface area contributed by atoms with E-state index in [1.165, 1.54) is 24.3 Å². The van der Waals surface area contributed by atoms with Crippen LogP contribution in [-0.2, 0) is 24.3 Å². The second kappa shape index (κ2) is 11.2. The average molecular weight is 580 g/mol. The molecule has 9 nitrogen and oxygen atoms in total. The molecule has 2 aromatic carbocycles. The summed E-state index contributed by atoms with van der Waals surface area (Å²) >= 11 is 0. The lowest BCUT2D eigenvalue weighted by Crippen LogP contribution is -2.32. The van der Waals surface area contributed by atoms with Crippen LogP contribution in [0, 0.1) is 23.3 Å². The number of hydrogen-bond acceptors (Lipinski definition) is 7. The average Bonchev–Trinajstić information content (AvgIpc) is 3.28. The van der Waals surface area contributed by atoms with Gasteiger partial charge >= 0.3 is 5.97 Å². The van der Waals surface area contributed by atoms with Crippen molar-refractivity contribution in [2.75, 3.05) is 6.61 Å². The van der Waals surface area contributed by atoms with Crippen LogP contribution in [0.1, 0.15) is 33.9 Å². The summed E-state index contributed by atoms with van der Waals surface area (Å²) in [4.78, 5) is 28.2. The van der Waals surface area contributed by atoms with Gasteiger partial charge in [0.2, 0.25) is 5.82 Å². The first kappa shape index (κ1) is 27.3. The molecule has 1 aliphatic rings. The summed E-state index contributed by atoms with van der Waals surface area (Å²) in [6, 6.07) is 10.1. The molecule has 0 spiro atoms. The molecule has 1 N–H and O–H groups in total. The Morgan fingerprint density at radius 1 is 0.976 bits per heavy atom. The molecule has 13 heteroatoms. The predicted molar refractivity (Wildman–Crippen MR) is 140 cm³/mol. The van der Waals surface area contributed by atoms with Crippen LogP contribution < -0.4 is 4.74 Å². The zero-order valence-electron chi connectivity index (χ0n) is 21.7. The number of aromatic carboxylic acids is 1. The zero-order valence-corrected chi connectivity index (χ0v) is 21.7. The van der Waals surface area contributed by atoms with Crippen molar-refractivity contribution in [2.45, 2.75) is 32.1 Å². The number of aromatic nitrogens is 5. The van der Waals surface area contributed by atoms with Gasteiger partial charge in [-0.3, -0.25) is 0 Å². The van der Waals surface area contributed by atoms with E-state index in [0.717, 1.165) is 18.7 Å². The molecule has 0 amide bonds. The van der Waals surface area contributed by atoms with Crippen LogP contribution in [0.2, 0.25) is 0 Å². The highest BCUT2D eigenvalue weighted by atomic mass is 19.1. The minimum Gasteiger partial charge on any atom is -0.477 e. The number of carboxylic acid groups (broad SMARTS) is 1. The van der Waals surface area contributed by atoms with Gasteiger partial charge in [-0.15, -0.1) is 0 Å². The SMILES string of the molecule is O=C(O)c1ccc2nc(Cc3ccc(-c4ncc(F)c(OCc5ccc(F)cc5F)n4)cc3F)n(C[C@@H]3CCO3)c2n1. The number of imidazole rings is 1. The zero-order chi connectivity index (χ0) is 29.4. The fraction of sp³-hybridized carbons (Fsp3) is 0.207. The molecule has 6 rings (SSSR count). The van der Waals surface area contributed by atoms with Gasteiger partial charge in [0.05, 0.1) is 18.8 Å². The third-order valence-corrected chi connectivity index (χ3v) is 6.82. The third-order valence-electron chi connectivity index (χ3n) is 6.82. The summed E-state index contributed by atoms with van der Waals surface area (Å²) in [6.45, 7) is 0.593. The molecule has 0 unspecified atom stereocenters. The van der Waals surface area contributed by atoms with Crippen molar-refractivity contribution < 1.29 is 36.9 Å². The van der Waals surface area contributed by atoms with E-state index in [2.05, 4.69) is 19.9 Å². The Balaban J connectivity index is 1.25. The maximum Gasteiger partial charge on any atom is 0.354 e. The molecule has 0 radical (unpaired) electrons. The summed E-state index contributed by atoms with van der Waals surface area (Å²) < 4.78 is 69.3. The van der Waals surface area contributed by atoms with Gasteiger partial charge in [-0.2, -0.15) is 9.37 Å². The summed E-state index contributed by atoms with van der Waals surface area (Å²) in [6.07, 6.45) is 1.66. The number of carbonyl (C=O) groups is 1. The van der Waals surface area contributed by atoms with E-state index in [9.17, 15) is 23.1 Å². The van der Waals surface area contributed by atoms with Crippen molar-refractivity contribution in [3.8, 4) is 17.3 Å². The van der Waals surface area contributed by atoms with E-state index < -0.39 is 41.7 Å². The van der Waals surface area contributed by atoms with Crippen LogP contribution in [0.25, 0.3) is 22.6 Å². The molecule has 4 heterocycles. The number of halogens is 4. The van der Waals surface area contributed by atoms with Gasteiger partial charge in [-0.05, 0) is 42.3 Å². The number of carboxylic acids is 1. The fourth-order valence-electron chi connectivity index (χ4n) is 4.50. The predicted octanol–water partition coefficient (Wildman–Crippen LogP) is 5.10. The van der Waals surface area contributed by atoms with E-state index in [4.69, 9.17) is 9.47 Å². The number of pyridine rings is 1. The second-order valence-electron chi connectivity index (χ2n) is 9.62. The lowest BCUT2D eigenvalue weighted by atomic mass is 10.1. The van der Waals surface area contributed by atoms with Crippen molar-refractivity contribution >= 4 is 17.1 Å². The number of hydrogen-bond donors (Lipinski definition) is 1. The molecule has 5 aromatic rings. The van der Waals surface area contributed by atoms with Gasteiger partial charge in [0.25, 0.3) is 5.88 Å². The minimum atomic E-state index is -1.17. The quantitative estimate of drug-likeness (QED) is 0.240. The van der Waals surface area contributed by atoms with Crippen LogP contribution >= 0.6 is 0 Å². The van der Waals surface area contributed by atoms with Crippen molar-refractivity contribution in [3.63, 3.8) is 0 Å². The van der Waals surface area contributed by atoms with E-state index in [1.807, 2.05) is 0 Å². The molecule has 42 heavy (non-hydrogen) atoms. The minimum absolute atomic E-state index is 0.00404. The molecule has 0 bridgehead atoms. The third kappa shape index (κ3) is 5.50. The number of rotatable bonds is 9. The second-order valence-corrected chi connectivity index (χ2v) is 9.62. The molecule has 214 valence electrons. The first-order chi connectivity index (χ1) is 20.2. The smallest absolute Gasteiger partial charge is 0.354 e. The Morgan fingerprint density at radius 3 is 2.48 bits per heavy atom. The number of ether oxygens (including phenoxy) is 2. The van der Waals surface area contributed by atoms with Crippen molar-refractivity contribution in [1.29, 1.82) is 0 Å². The standard InChI is InChI=1S/C29H21F4N5O4/c30-18-4-3-17(21(32)11-18)14-42-28-22(33)12-34-26(37-28)16-2-1-15(20(31)9-16)10-25-35-23-5-6-24(29(39)40)36-27(23)38(25)13-19-7-8-41-19/h1-6,9,11-12,19H,7-8,10,13-14H2,(H,39,40)/t19-/m0/s1. The molecule has 1 fully saturated rings. The highest BCUT2D eigenvalue weighted by Crippen LogP contribution is 2.26. The van der Waals surface area contributed by atoms with Crippen molar-refractivity contribution in [2.24, 2.45) is 0 Å². The highest BCUT2D eigenvalue weighted by Gasteiger charge is 2.24. The first-order valence-electron chi connectivity index (χ1n) is 12.8. The normalized spacial score (nSPS) is 14.6. The van der Waals surface area contributed by atoms with Crippen LogP contribution in [0.5, 0.6) is 5.88 Å². The molecule has 0 aliphatic carbocycles. The lowest BCUT2D eigenvalue weighted by molar-refractivity contribution is -0.0590. The molecular weight excluding hydrogens is 558 g/mol. The molecule has 0 saturated carbocycles. The summed E-state index contributed by atoms with van der Waals surface area (Å²) in [5.41, 5.74) is 1.22. The first-order valence-corrected chi connectivity index (χ1v) is 12.8. The summed E-state index contributed by atoms with van der Waals surface area (Å²) in [5.74, 6) is -4.33. The maximum atomic E-state index is 15.4. The molecule has 3 aromatic heterocycles. The van der Waals surface area contributed by atoms with Gasteiger partial charge < -0.3 is 19.1 Å². The highest BCUT2D eigenvalue weighted by molar-refractivity contribution is 5.88. The van der Waals surface area contributed by atoms with E-state index in [-0.39, 0.29) is 40.7 Å². The molecule has 1 aliphatic heterocycles. The fourth-order valence-corrected chi connectivity index (χ4v) is 4.50. The van der Waals surface area contributed by atoms with E-state index in [0.29, 0.717) is 36.2 Å². The molecular formula is C29H21F4N5O4. The lowest BCUT2D eigenvalue weighted by Gasteiger charge is -2.27. The Morgan fingerprint density at radius 2 is 1.76 bits per heavy atom. The van der Waals surface area contributed by atoms with E-state index >= 15 is 4.39 Å². The Labute approximate surface area is 235 Å². The van der Waals surface area contributed by atoms with Gasteiger partial charge in [0.15, 0.2) is 17.2 Å². The van der Waals surface area contributed by atoms with E-state index in [1.54, 1.807) is 16.7 Å². The van der Waals surface area contributed by atoms with Crippen LogP contribution in [0.15, 0.2) is 54.7 Å². The number of benzene rings is 2. The maximum absolute atomic E-state index is 15.4. The number of nitrogens with zero attached hydrogens (tertiary/aromatic N) is 5.